The van der Waals surface area contributed by atoms with Crippen molar-refractivity contribution in [1.29, 1.82) is 0 Å². The van der Waals surface area contributed by atoms with Crippen LogP contribution in [-0.2, 0) is 9.47 Å². The van der Waals surface area contributed by atoms with Crippen molar-refractivity contribution in [2.45, 2.75) is 19.8 Å². The van der Waals surface area contributed by atoms with Crippen LogP contribution in [-0.4, -0.2) is 39.5 Å². The van der Waals surface area contributed by atoms with E-state index in [9.17, 15) is 0 Å². The van der Waals surface area contributed by atoms with Gasteiger partial charge in [0.05, 0.1) is 19.8 Å². The first kappa shape index (κ1) is 11.0. The van der Waals surface area contributed by atoms with Crippen molar-refractivity contribution < 1.29 is 9.47 Å². The first-order valence-corrected chi connectivity index (χ1v) is 5.29. The van der Waals surface area contributed by atoms with Crippen molar-refractivity contribution in [3.8, 4) is 0 Å². The van der Waals surface area contributed by atoms with Gasteiger partial charge in [-0.05, 0) is 32.2 Å². The van der Waals surface area contributed by atoms with Crippen LogP contribution in [0.5, 0.6) is 0 Å². The van der Waals surface area contributed by atoms with Gasteiger partial charge < -0.3 is 14.8 Å². The summed E-state index contributed by atoms with van der Waals surface area (Å²) in [4.78, 5) is 0. The van der Waals surface area contributed by atoms with E-state index < -0.39 is 0 Å². The Hall–Kier alpha value is -0.120. The minimum Gasteiger partial charge on any atom is -0.379 e. The molecular formula is C10H21NO2. The normalized spacial score (nSPS) is 23.3. The molecule has 3 nitrogen and oxygen atoms in total. The van der Waals surface area contributed by atoms with E-state index >= 15 is 0 Å². The average molecular weight is 187 g/mol. The quantitative estimate of drug-likeness (QED) is 0.630. The van der Waals surface area contributed by atoms with E-state index in [2.05, 4.69) is 5.32 Å². The Morgan fingerprint density at radius 3 is 2.85 bits per heavy atom. The predicted octanol–water partition coefficient (Wildman–Crippen LogP) is 1.04. The zero-order chi connectivity index (χ0) is 9.36. The van der Waals surface area contributed by atoms with Gasteiger partial charge in [-0.15, -0.1) is 0 Å². The molecule has 0 amide bonds. The molecule has 0 aromatic heterocycles. The molecule has 1 rings (SSSR count). The summed E-state index contributed by atoms with van der Waals surface area (Å²) < 4.78 is 10.7. The molecular weight excluding hydrogens is 166 g/mol. The Kier molecular flexibility index (Phi) is 6.15. The Balaban J connectivity index is 1.86. The molecule has 1 N–H and O–H groups in total. The summed E-state index contributed by atoms with van der Waals surface area (Å²) >= 11 is 0. The number of piperidine rings is 1. The van der Waals surface area contributed by atoms with E-state index in [4.69, 9.17) is 9.47 Å². The van der Waals surface area contributed by atoms with Crippen molar-refractivity contribution in [2.24, 2.45) is 5.92 Å². The molecule has 1 aliphatic rings. The highest BCUT2D eigenvalue weighted by Crippen LogP contribution is 2.09. The third kappa shape index (κ3) is 5.24. The minimum absolute atomic E-state index is 0.718. The fraction of sp³-hybridized carbons (Fsp3) is 1.00. The molecule has 0 unspecified atom stereocenters. The fourth-order valence-corrected chi connectivity index (χ4v) is 1.58. The lowest BCUT2D eigenvalue weighted by Crippen LogP contribution is -2.32. The van der Waals surface area contributed by atoms with Crippen LogP contribution in [0.2, 0.25) is 0 Å². The summed E-state index contributed by atoms with van der Waals surface area (Å²) in [7, 11) is 0. The van der Waals surface area contributed by atoms with Crippen LogP contribution >= 0.6 is 0 Å². The number of rotatable bonds is 6. The smallest absolute Gasteiger partial charge is 0.0700 e. The second-order valence-electron chi connectivity index (χ2n) is 3.48. The van der Waals surface area contributed by atoms with Crippen LogP contribution in [0.25, 0.3) is 0 Å². The summed E-state index contributed by atoms with van der Waals surface area (Å²) in [6.07, 6.45) is 2.60. The van der Waals surface area contributed by atoms with E-state index in [1.54, 1.807) is 0 Å². The summed E-state index contributed by atoms with van der Waals surface area (Å²) in [5, 5.41) is 3.38. The molecule has 1 heterocycles. The summed E-state index contributed by atoms with van der Waals surface area (Å²) in [5.41, 5.74) is 0. The molecule has 1 atom stereocenters. The highest BCUT2D eigenvalue weighted by atomic mass is 16.5. The van der Waals surface area contributed by atoms with Gasteiger partial charge in [-0.3, -0.25) is 0 Å². The Morgan fingerprint density at radius 1 is 1.31 bits per heavy atom. The van der Waals surface area contributed by atoms with Gasteiger partial charge in [0.1, 0.15) is 0 Å². The van der Waals surface area contributed by atoms with Crippen LogP contribution < -0.4 is 5.32 Å². The van der Waals surface area contributed by atoms with Gasteiger partial charge in [0.15, 0.2) is 0 Å². The lowest BCUT2D eigenvalue weighted by Gasteiger charge is -2.22. The predicted molar refractivity (Wildman–Crippen MR) is 52.9 cm³/mol. The molecule has 78 valence electrons. The van der Waals surface area contributed by atoms with Crippen LogP contribution in [0.3, 0.4) is 0 Å². The highest BCUT2D eigenvalue weighted by molar-refractivity contribution is 4.67. The lowest BCUT2D eigenvalue weighted by atomic mass is 10.0. The van der Waals surface area contributed by atoms with E-state index in [0.29, 0.717) is 0 Å². The van der Waals surface area contributed by atoms with Crippen LogP contribution in [0.1, 0.15) is 19.8 Å². The van der Waals surface area contributed by atoms with E-state index in [1.807, 2.05) is 6.92 Å². The fourth-order valence-electron chi connectivity index (χ4n) is 1.58. The number of ether oxygens (including phenoxy) is 2. The SMILES string of the molecule is CCOCCOC[C@H]1CCCNC1. The van der Waals surface area contributed by atoms with E-state index in [-0.39, 0.29) is 0 Å². The van der Waals surface area contributed by atoms with E-state index in [1.165, 1.54) is 19.4 Å². The van der Waals surface area contributed by atoms with Crippen molar-refractivity contribution in [1.82, 2.24) is 5.32 Å². The molecule has 0 saturated carbocycles. The monoisotopic (exact) mass is 187 g/mol. The third-order valence-electron chi connectivity index (χ3n) is 2.33. The molecule has 0 bridgehead atoms. The highest BCUT2D eigenvalue weighted by Gasteiger charge is 2.12. The first-order valence-electron chi connectivity index (χ1n) is 5.29. The molecule has 0 spiro atoms. The van der Waals surface area contributed by atoms with Crippen LogP contribution in [0.15, 0.2) is 0 Å². The largest absolute Gasteiger partial charge is 0.379 e. The molecule has 13 heavy (non-hydrogen) atoms. The Bertz CT molecular complexity index is 113. The molecule has 1 saturated heterocycles. The number of hydrogen-bond donors (Lipinski definition) is 1. The van der Waals surface area contributed by atoms with Crippen LogP contribution in [0.4, 0.5) is 0 Å². The molecule has 1 fully saturated rings. The first-order chi connectivity index (χ1) is 6.43. The van der Waals surface area contributed by atoms with Crippen LogP contribution in [0, 0.1) is 5.92 Å². The second kappa shape index (κ2) is 7.30. The van der Waals surface area contributed by atoms with Gasteiger partial charge in [-0.1, -0.05) is 0 Å². The van der Waals surface area contributed by atoms with Gasteiger partial charge in [0.2, 0.25) is 0 Å². The van der Waals surface area contributed by atoms with Gasteiger partial charge in [0.25, 0.3) is 0 Å². The number of nitrogens with one attached hydrogen (secondary N) is 1. The molecule has 1 aliphatic heterocycles. The Morgan fingerprint density at radius 2 is 2.15 bits per heavy atom. The van der Waals surface area contributed by atoms with Crippen molar-refractivity contribution >= 4 is 0 Å². The maximum absolute atomic E-state index is 5.51. The number of hydrogen-bond acceptors (Lipinski definition) is 3. The third-order valence-corrected chi connectivity index (χ3v) is 2.33. The maximum atomic E-state index is 5.51. The van der Waals surface area contributed by atoms with E-state index in [0.717, 1.165) is 38.9 Å². The lowest BCUT2D eigenvalue weighted by molar-refractivity contribution is 0.0336. The summed E-state index contributed by atoms with van der Waals surface area (Å²) in [5.74, 6) is 0.718. The van der Waals surface area contributed by atoms with Crippen molar-refractivity contribution in [3.05, 3.63) is 0 Å². The average Bonchev–Trinajstić information content (AvgIpc) is 2.19. The van der Waals surface area contributed by atoms with Crippen molar-refractivity contribution in [3.63, 3.8) is 0 Å². The summed E-state index contributed by atoms with van der Waals surface area (Å²) in [6.45, 7) is 7.45. The molecule has 0 aromatic rings. The van der Waals surface area contributed by atoms with Crippen molar-refractivity contribution in [2.75, 3.05) is 39.5 Å². The molecule has 0 radical (unpaired) electrons. The topological polar surface area (TPSA) is 30.5 Å². The molecule has 0 aliphatic carbocycles. The maximum Gasteiger partial charge on any atom is 0.0700 e. The van der Waals surface area contributed by atoms with Gasteiger partial charge in [-0.25, -0.2) is 0 Å². The second-order valence-corrected chi connectivity index (χ2v) is 3.48. The van der Waals surface area contributed by atoms with Gasteiger partial charge in [0, 0.05) is 13.2 Å². The minimum atomic E-state index is 0.718. The molecule has 3 heteroatoms. The molecule has 0 aromatic carbocycles. The Labute approximate surface area is 80.8 Å². The standard InChI is InChI=1S/C10H21NO2/c1-2-12-6-7-13-9-10-4-3-5-11-8-10/h10-11H,2-9H2,1H3/t10-/m0/s1. The summed E-state index contributed by atoms with van der Waals surface area (Å²) in [6, 6.07) is 0. The van der Waals surface area contributed by atoms with Gasteiger partial charge >= 0.3 is 0 Å². The van der Waals surface area contributed by atoms with Gasteiger partial charge in [-0.2, -0.15) is 0 Å². The zero-order valence-electron chi connectivity index (χ0n) is 8.55. The zero-order valence-corrected chi connectivity index (χ0v) is 8.55.